The lowest BCUT2D eigenvalue weighted by molar-refractivity contribution is 0.718. The number of hydrogen-bond acceptors (Lipinski definition) is 3. The van der Waals surface area contributed by atoms with Gasteiger partial charge in [-0.15, -0.1) is 11.3 Å². The zero-order valence-electron chi connectivity index (χ0n) is 10.4. The Morgan fingerprint density at radius 1 is 1.29 bits per heavy atom. The van der Waals surface area contributed by atoms with E-state index in [4.69, 9.17) is 4.98 Å². The molecule has 2 rings (SSSR count). The molecule has 0 unspecified atom stereocenters. The van der Waals surface area contributed by atoms with E-state index < -0.39 is 0 Å². The summed E-state index contributed by atoms with van der Waals surface area (Å²) >= 11 is 1.74. The Kier molecular flexibility index (Phi) is 4.29. The molecule has 3 heteroatoms. The van der Waals surface area contributed by atoms with E-state index in [1.54, 1.807) is 11.3 Å². The smallest absolute Gasteiger partial charge is 0.123 e. The van der Waals surface area contributed by atoms with E-state index in [9.17, 15) is 0 Å². The molecule has 0 radical (unpaired) electrons. The average molecular weight is 246 g/mol. The molecule has 0 aliphatic carbocycles. The summed E-state index contributed by atoms with van der Waals surface area (Å²) in [4.78, 5) is 4.70. The molecule has 0 aliphatic rings. The predicted molar refractivity (Wildman–Crippen MR) is 74.5 cm³/mol. The van der Waals surface area contributed by atoms with E-state index in [1.165, 1.54) is 16.8 Å². The van der Waals surface area contributed by atoms with Crippen LogP contribution in [0, 0.1) is 6.92 Å². The Morgan fingerprint density at radius 3 is 2.88 bits per heavy atom. The number of hydrogen-bond donors (Lipinski definition) is 1. The number of rotatable bonds is 5. The molecule has 1 aromatic heterocycles. The second-order valence-electron chi connectivity index (χ2n) is 4.17. The quantitative estimate of drug-likeness (QED) is 0.819. The minimum Gasteiger partial charge on any atom is -0.320 e. The fourth-order valence-electron chi connectivity index (χ4n) is 1.80. The summed E-state index contributed by atoms with van der Waals surface area (Å²) in [5.74, 6) is 0. The van der Waals surface area contributed by atoms with Gasteiger partial charge in [-0.25, -0.2) is 4.98 Å². The van der Waals surface area contributed by atoms with E-state index in [1.807, 2.05) is 7.05 Å². The molecule has 0 saturated heterocycles. The topological polar surface area (TPSA) is 24.9 Å². The molecule has 0 saturated carbocycles. The zero-order chi connectivity index (χ0) is 12.1. The first kappa shape index (κ1) is 12.3. The van der Waals surface area contributed by atoms with Crippen molar-refractivity contribution < 1.29 is 0 Å². The van der Waals surface area contributed by atoms with Gasteiger partial charge in [0.05, 0.1) is 5.69 Å². The third kappa shape index (κ3) is 3.14. The van der Waals surface area contributed by atoms with Crippen LogP contribution in [0.5, 0.6) is 0 Å². The molecular weight excluding hydrogens is 228 g/mol. The van der Waals surface area contributed by atoms with Gasteiger partial charge in [0.2, 0.25) is 0 Å². The molecule has 0 fully saturated rings. The lowest BCUT2D eigenvalue weighted by atomic mass is 10.1. The minimum atomic E-state index is 1.05. The predicted octanol–water partition coefficient (Wildman–Crippen LogP) is 3.27. The summed E-state index contributed by atoms with van der Waals surface area (Å²) in [5.41, 5.74) is 3.77. The summed E-state index contributed by atoms with van der Waals surface area (Å²) in [6, 6.07) is 8.42. The number of thiazole rings is 1. The monoisotopic (exact) mass is 246 g/mol. The Balaban J connectivity index is 2.10. The molecule has 1 heterocycles. The summed E-state index contributed by atoms with van der Waals surface area (Å²) < 4.78 is 0. The van der Waals surface area contributed by atoms with Gasteiger partial charge in [0, 0.05) is 10.9 Å². The number of aromatic nitrogens is 1. The van der Waals surface area contributed by atoms with Gasteiger partial charge in [0.1, 0.15) is 5.01 Å². The number of aryl methyl sites for hydroxylation is 2. The normalized spacial score (nSPS) is 10.7. The van der Waals surface area contributed by atoms with Crippen LogP contribution >= 0.6 is 11.3 Å². The molecule has 17 heavy (non-hydrogen) atoms. The van der Waals surface area contributed by atoms with Crippen LogP contribution < -0.4 is 5.32 Å². The molecule has 0 amide bonds. The molecule has 2 aromatic rings. The second kappa shape index (κ2) is 5.94. The lowest BCUT2D eigenvalue weighted by Crippen LogP contribution is -2.08. The number of benzene rings is 1. The van der Waals surface area contributed by atoms with Gasteiger partial charge in [-0.3, -0.25) is 0 Å². The standard InChI is InChI=1S/C14H18N2S/c1-11-6-3-4-8-13(11)14-16-12(10-17-14)7-5-9-15-2/h3-4,6,8,10,15H,5,7,9H2,1-2H3. The zero-order valence-corrected chi connectivity index (χ0v) is 11.2. The molecule has 90 valence electrons. The van der Waals surface area contributed by atoms with Crippen LogP contribution in [0.25, 0.3) is 10.6 Å². The van der Waals surface area contributed by atoms with E-state index in [0.29, 0.717) is 0 Å². The highest BCUT2D eigenvalue weighted by Crippen LogP contribution is 2.26. The largest absolute Gasteiger partial charge is 0.320 e. The van der Waals surface area contributed by atoms with Crippen molar-refractivity contribution in [2.75, 3.05) is 13.6 Å². The van der Waals surface area contributed by atoms with Crippen LogP contribution in [-0.2, 0) is 6.42 Å². The molecule has 1 aromatic carbocycles. The summed E-state index contributed by atoms with van der Waals surface area (Å²) in [7, 11) is 1.99. The highest BCUT2D eigenvalue weighted by molar-refractivity contribution is 7.13. The molecule has 0 spiro atoms. The fourth-order valence-corrected chi connectivity index (χ4v) is 2.75. The summed E-state index contributed by atoms with van der Waals surface area (Å²) in [6.07, 6.45) is 2.21. The van der Waals surface area contributed by atoms with Gasteiger partial charge in [0.15, 0.2) is 0 Å². The van der Waals surface area contributed by atoms with Crippen molar-refractivity contribution in [3.05, 3.63) is 40.9 Å². The lowest BCUT2D eigenvalue weighted by Gasteiger charge is -2.00. The maximum absolute atomic E-state index is 4.70. The highest BCUT2D eigenvalue weighted by Gasteiger charge is 2.06. The van der Waals surface area contributed by atoms with E-state index in [-0.39, 0.29) is 0 Å². The average Bonchev–Trinajstić information content (AvgIpc) is 2.79. The van der Waals surface area contributed by atoms with Gasteiger partial charge in [-0.05, 0) is 38.9 Å². The SMILES string of the molecule is CNCCCc1csc(-c2ccccc2C)n1. The molecule has 0 aliphatic heterocycles. The Labute approximate surface area is 107 Å². The maximum atomic E-state index is 4.70. The number of nitrogens with zero attached hydrogens (tertiary/aromatic N) is 1. The van der Waals surface area contributed by atoms with Crippen molar-refractivity contribution in [3.8, 4) is 10.6 Å². The third-order valence-corrected chi connectivity index (χ3v) is 3.71. The maximum Gasteiger partial charge on any atom is 0.123 e. The van der Waals surface area contributed by atoms with Crippen LogP contribution in [0.15, 0.2) is 29.6 Å². The molecule has 0 atom stereocenters. The van der Waals surface area contributed by atoms with E-state index >= 15 is 0 Å². The Hall–Kier alpha value is -1.19. The van der Waals surface area contributed by atoms with Gasteiger partial charge in [-0.1, -0.05) is 24.3 Å². The van der Waals surface area contributed by atoms with Crippen LogP contribution in [0.1, 0.15) is 17.7 Å². The van der Waals surface area contributed by atoms with E-state index in [2.05, 4.69) is 41.9 Å². The fraction of sp³-hybridized carbons (Fsp3) is 0.357. The third-order valence-electron chi connectivity index (χ3n) is 2.79. The van der Waals surface area contributed by atoms with Crippen molar-refractivity contribution in [3.63, 3.8) is 0 Å². The van der Waals surface area contributed by atoms with Crippen molar-refractivity contribution in [1.82, 2.24) is 10.3 Å². The Bertz CT molecular complexity index is 477. The van der Waals surface area contributed by atoms with Crippen molar-refractivity contribution in [1.29, 1.82) is 0 Å². The van der Waals surface area contributed by atoms with Gasteiger partial charge >= 0.3 is 0 Å². The van der Waals surface area contributed by atoms with Crippen molar-refractivity contribution in [2.24, 2.45) is 0 Å². The highest BCUT2D eigenvalue weighted by atomic mass is 32.1. The molecule has 0 bridgehead atoms. The van der Waals surface area contributed by atoms with Crippen LogP contribution in [-0.4, -0.2) is 18.6 Å². The van der Waals surface area contributed by atoms with Gasteiger partial charge < -0.3 is 5.32 Å². The Morgan fingerprint density at radius 2 is 2.12 bits per heavy atom. The molecular formula is C14H18N2S. The van der Waals surface area contributed by atoms with Crippen LogP contribution in [0.4, 0.5) is 0 Å². The van der Waals surface area contributed by atoms with Gasteiger partial charge in [-0.2, -0.15) is 0 Å². The summed E-state index contributed by atoms with van der Waals surface area (Å²) in [5, 5.41) is 6.48. The van der Waals surface area contributed by atoms with Crippen LogP contribution in [0.3, 0.4) is 0 Å². The first-order chi connectivity index (χ1) is 8.31. The van der Waals surface area contributed by atoms with Gasteiger partial charge in [0.25, 0.3) is 0 Å². The molecule has 2 nitrogen and oxygen atoms in total. The minimum absolute atomic E-state index is 1.05. The van der Waals surface area contributed by atoms with Crippen molar-refractivity contribution in [2.45, 2.75) is 19.8 Å². The number of nitrogens with one attached hydrogen (secondary N) is 1. The first-order valence-electron chi connectivity index (χ1n) is 5.96. The van der Waals surface area contributed by atoms with E-state index in [0.717, 1.165) is 24.4 Å². The van der Waals surface area contributed by atoms with Crippen LogP contribution in [0.2, 0.25) is 0 Å². The molecule has 1 N–H and O–H groups in total. The second-order valence-corrected chi connectivity index (χ2v) is 5.02. The summed E-state index contributed by atoms with van der Waals surface area (Å²) in [6.45, 7) is 3.19. The van der Waals surface area contributed by atoms with Crippen molar-refractivity contribution >= 4 is 11.3 Å². The first-order valence-corrected chi connectivity index (χ1v) is 6.84.